The molecular formula is C9H13N3O3. The zero-order valence-electron chi connectivity index (χ0n) is 8.60. The molecule has 6 heteroatoms. The number of nitro groups is 1. The van der Waals surface area contributed by atoms with E-state index in [-0.39, 0.29) is 12.3 Å². The number of nitrogens with zero attached hydrogens (tertiary/aromatic N) is 2. The van der Waals surface area contributed by atoms with Crippen LogP contribution in [0.15, 0.2) is 18.3 Å². The van der Waals surface area contributed by atoms with Crippen LogP contribution in [0.5, 0.6) is 0 Å². The third kappa shape index (κ3) is 3.17. The van der Waals surface area contributed by atoms with E-state index in [0.29, 0.717) is 5.82 Å². The Hall–Kier alpha value is -1.69. The number of pyridine rings is 1. The molecule has 0 aliphatic rings. The maximum absolute atomic E-state index is 10.5. The molecule has 0 unspecified atom stereocenters. The Morgan fingerprint density at radius 1 is 1.67 bits per heavy atom. The molecule has 0 radical (unpaired) electrons. The van der Waals surface area contributed by atoms with E-state index < -0.39 is 10.5 Å². The highest BCUT2D eigenvalue weighted by Crippen LogP contribution is 2.17. The maximum atomic E-state index is 10.5. The van der Waals surface area contributed by atoms with Crippen LogP contribution in [0.1, 0.15) is 13.8 Å². The minimum atomic E-state index is -0.553. The van der Waals surface area contributed by atoms with E-state index in [1.165, 1.54) is 18.3 Å². The minimum Gasteiger partial charge on any atom is -0.394 e. The van der Waals surface area contributed by atoms with Gasteiger partial charge in [0.05, 0.1) is 23.1 Å². The third-order valence-electron chi connectivity index (χ3n) is 1.82. The summed E-state index contributed by atoms with van der Waals surface area (Å²) in [6.07, 6.45) is 1.36. The number of hydrogen-bond acceptors (Lipinski definition) is 5. The van der Waals surface area contributed by atoms with Crippen molar-refractivity contribution in [2.75, 3.05) is 11.9 Å². The molecule has 0 atom stereocenters. The van der Waals surface area contributed by atoms with Gasteiger partial charge in [0.2, 0.25) is 0 Å². The molecule has 0 bridgehead atoms. The molecule has 0 saturated carbocycles. The second-order valence-electron chi connectivity index (χ2n) is 3.82. The summed E-state index contributed by atoms with van der Waals surface area (Å²) in [5, 5.41) is 22.4. The highest BCUT2D eigenvalue weighted by atomic mass is 16.6. The molecule has 1 aromatic heterocycles. The summed E-state index contributed by atoms with van der Waals surface area (Å²) in [4.78, 5) is 13.9. The molecule has 1 heterocycles. The number of hydrogen-bond donors (Lipinski definition) is 2. The lowest BCUT2D eigenvalue weighted by Crippen LogP contribution is -2.35. The van der Waals surface area contributed by atoms with Gasteiger partial charge in [0.1, 0.15) is 5.82 Å². The van der Waals surface area contributed by atoms with Crippen LogP contribution in [0.25, 0.3) is 0 Å². The second kappa shape index (κ2) is 4.22. The van der Waals surface area contributed by atoms with E-state index in [4.69, 9.17) is 5.11 Å². The summed E-state index contributed by atoms with van der Waals surface area (Å²) in [6.45, 7) is 3.46. The Kier molecular flexibility index (Phi) is 3.21. The molecule has 0 aliphatic heterocycles. The molecule has 0 saturated heterocycles. The third-order valence-corrected chi connectivity index (χ3v) is 1.82. The van der Waals surface area contributed by atoms with Crippen LogP contribution < -0.4 is 5.32 Å². The first-order valence-corrected chi connectivity index (χ1v) is 4.44. The van der Waals surface area contributed by atoms with Crippen LogP contribution in [0, 0.1) is 10.1 Å². The van der Waals surface area contributed by atoms with Gasteiger partial charge in [-0.05, 0) is 13.8 Å². The van der Waals surface area contributed by atoms with Crippen molar-refractivity contribution in [3.8, 4) is 0 Å². The van der Waals surface area contributed by atoms with E-state index in [1.807, 2.05) is 0 Å². The van der Waals surface area contributed by atoms with Crippen molar-refractivity contribution in [1.82, 2.24) is 4.98 Å². The first-order chi connectivity index (χ1) is 6.94. The quantitative estimate of drug-likeness (QED) is 0.576. The first-order valence-electron chi connectivity index (χ1n) is 4.44. The number of aliphatic hydroxyl groups excluding tert-OH is 1. The highest BCUT2D eigenvalue weighted by Gasteiger charge is 2.17. The van der Waals surface area contributed by atoms with Gasteiger partial charge in [-0.2, -0.15) is 0 Å². The average molecular weight is 211 g/mol. The summed E-state index contributed by atoms with van der Waals surface area (Å²) >= 11 is 0. The number of aliphatic hydroxyl groups is 1. The molecule has 1 rings (SSSR count). The van der Waals surface area contributed by atoms with E-state index in [0.717, 1.165) is 0 Å². The van der Waals surface area contributed by atoms with Crippen LogP contribution in [0.3, 0.4) is 0 Å². The van der Waals surface area contributed by atoms with Gasteiger partial charge < -0.3 is 10.4 Å². The standard InChI is InChI=1S/C9H13N3O3/c1-9(2,6-13)11-8-5-7(12(14)15)3-4-10-8/h3-5,13H,6H2,1-2H3,(H,10,11). The molecule has 1 aromatic rings. The zero-order valence-corrected chi connectivity index (χ0v) is 8.60. The number of nitrogens with one attached hydrogen (secondary N) is 1. The van der Waals surface area contributed by atoms with Gasteiger partial charge in [0.25, 0.3) is 5.69 Å². The van der Waals surface area contributed by atoms with Crippen LogP contribution in [0.2, 0.25) is 0 Å². The number of rotatable bonds is 4. The lowest BCUT2D eigenvalue weighted by molar-refractivity contribution is -0.384. The molecule has 0 spiro atoms. The zero-order chi connectivity index (χ0) is 11.5. The fourth-order valence-electron chi connectivity index (χ4n) is 0.988. The molecule has 0 aliphatic carbocycles. The predicted molar refractivity (Wildman–Crippen MR) is 55.7 cm³/mol. The Labute approximate surface area is 87.1 Å². The van der Waals surface area contributed by atoms with E-state index >= 15 is 0 Å². The van der Waals surface area contributed by atoms with Crippen molar-refractivity contribution in [3.05, 3.63) is 28.4 Å². The molecule has 0 amide bonds. The van der Waals surface area contributed by atoms with Crippen LogP contribution >= 0.6 is 0 Å². The Bertz CT molecular complexity index is 365. The summed E-state index contributed by atoms with van der Waals surface area (Å²) in [6, 6.07) is 2.65. The highest BCUT2D eigenvalue weighted by molar-refractivity contribution is 5.45. The summed E-state index contributed by atoms with van der Waals surface area (Å²) in [5.74, 6) is 0.378. The lowest BCUT2D eigenvalue weighted by Gasteiger charge is -2.23. The van der Waals surface area contributed by atoms with Gasteiger partial charge in [0, 0.05) is 12.3 Å². The van der Waals surface area contributed by atoms with Crippen molar-refractivity contribution in [1.29, 1.82) is 0 Å². The van der Waals surface area contributed by atoms with Crippen molar-refractivity contribution in [2.24, 2.45) is 0 Å². The van der Waals surface area contributed by atoms with Crippen LogP contribution in [0.4, 0.5) is 11.5 Å². The first kappa shape index (κ1) is 11.4. The van der Waals surface area contributed by atoms with E-state index in [9.17, 15) is 10.1 Å². The van der Waals surface area contributed by atoms with Gasteiger partial charge >= 0.3 is 0 Å². The average Bonchev–Trinajstić information content (AvgIpc) is 2.17. The second-order valence-corrected chi connectivity index (χ2v) is 3.82. The maximum Gasteiger partial charge on any atom is 0.274 e. The summed E-state index contributed by atoms with van der Waals surface area (Å²) in [5.41, 5.74) is -0.580. The van der Waals surface area contributed by atoms with E-state index in [2.05, 4.69) is 10.3 Å². The number of aromatic nitrogens is 1. The molecule has 2 N–H and O–H groups in total. The molecular weight excluding hydrogens is 198 g/mol. The molecule has 15 heavy (non-hydrogen) atoms. The predicted octanol–water partition coefficient (Wildman–Crippen LogP) is 1.17. The van der Waals surface area contributed by atoms with Gasteiger partial charge in [-0.25, -0.2) is 4.98 Å². The van der Waals surface area contributed by atoms with Crippen molar-refractivity contribution in [3.63, 3.8) is 0 Å². The summed E-state index contributed by atoms with van der Waals surface area (Å²) < 4.78 is 0. The largest absolute Gasteiger partial charge is 0.394 e. The Morgan fingerprint density at radius 2 is 2.33 bits per heavy atom. The minimum absolute atomic E-state index is 0.0266. The van der Waals surface area contributed by atoms with Crippen molar-refractivity contribution in [2.45, 2.75) is 19.4 Å². The Balaban J connectivity index is 2.87. The van der Waals surface area contributed by atoms with E-state index in [1.54, 1.807) is 13.8 Å². The lowest BCUT2D eigenvalue weighted by atomic mass is 10.1. The molecule has 6 nitrogen and oxygen atoms in total. The smallest absolute Gasteiger partial charge is 0.274 e. The SMILES string of the molecule is CC(C)(CO)Nc1cc([N+](=O)[O-])ccn1. The van der Waals surface area contributed by atoms with Gasteiger partial charge in [-0.15, -0.1) is 0 Å². The molecule has 0 fully saturated rings. The summed E-state index contributed by atoms with van der Waals surface area (Å²) in [7, 11) is 0. The molecule has 82 valence electrons. The fraction of sp³-hybridized carbons (Fsp3) is 0.444. The fourth-order valence-corrected chi connectivity index (χ4v) is 0.988. The molecule has 0 aromatic carbocycles. The Morgan fingerprint density at radius 3 is 2.87 bits per heavy atom. The topological polar surface area (TPSA) is 88.3 Å². The van der Waals surface area contributed by atoms with Crippen molar-refractivity contribution < 1.29 is 10.0 Å². The normalized spacial score (nSPS) is 11.1. The van der Waals surface area contributed by atoms with Crippen LogP contribution in [-0.4, -0.2) is 27.2 Å². The van der Waals surface area contributed by atoms with Crippen molar-refractivity contribution >= 4 is 11.5 Å². The van der Waals surface area contributed by atoms with Crippen LogP contribution in [-0.2, 0) is 0 Å². The number of anilines is 1. The monoisotopic (exact) mass is 211 g/mol. The van der Waals surface area contributed by atoms with Gasteiger partial charge in [0.15, 0.2) is 0 Å². The van der Waals surface area contributed by atoms with Gasteiger partial charge in [-0.3, -0.25) is 10.1 Å². The van der Waals surface area contributed by atoms with Gasteiger partial charge in [-0.1, -0.05) is 0 Å².